The number of benzene rings is 1. The molecule has 0 aromatic heterocycles. The van der Waals surface area contributed by atoms with Crippen molar-refractivity contribution in [2.75, 3.05) is 25.5 Å². The molecular weight excluding hydrogens is 350 g/mol. The van der Waals surface area contributed by atoms with Crippen LogP contribution in [0.3, 0.4) is 0 Å². The number of carbonyl (C=O) groups is 3. The minimum absolute atomic E-state index is 0. The van der Waals surface area contributed by atoms with Gasteiger partial charge in [0.1, 0.15) is 11.8 Å². The van der Waals surface area contributed by atoms with Crippen LogP contribution in [0.15, 0.2) is 24.3 Å². The normalized spacial score (nSPS) is 17.1. The molecule has 0 aliphatic carbocycles. The lowest BCUT2D eigenvalue weighted by molar-refractivity contribution is -0.145. The third kappa shape index (κ3) is 6.24. The molecule has 1 aromatic rings. The van der Waals surface area contributed by atoms with Gasteiger partial charge in [-0.15, -0.1) is 12.4 Å². The van der Waals surface area contributed by atoms with E-state index in [4.69, 9.17) is 4.74 Å². The molecule has 1 aliphatic rings. The molecule has 0 saturated carbocycles. The van der Waals surface area contributed by atoms with E-state index in [1.165, 1.54) is 0 Å². The first kappa shape index (κ1) is 20.7. The zero-order chi connectivity index (χ0) is 17.5. The number of methoxy groups -OCH3 is 1. The Morgan fingerprint density at radius 1 is 1.24 bits per heavy atom. The highest BCUT2D eigenvalue weighted by Gasteiger charge is 2.29. The number of rotatable bonds is 5. The predicted octanol–water partition coefficient (Wildman–Crippen LogP) is 1.70. The number of halogens is 1. The Morgan fingerprint density at radius 2 is 1.92 bits per heavy atom. The molecule has 2 rings (SSSR count). The number of carbonyl (C=O) groups excluding carboxylic acids is 2. The van der Waals surface area contributed by atoms with Crippen LogP contribution in [0.25, 0.3) is 0 Å². The van der Waals surface area contributed by atoms with Crippen molar-refractivity contribution in [2.24, 2.45) is 0 Å². The van der Waals surface area contributed by atoms with E-state index < -0.39 is 23.9 Å². The van der Waals surface area contributed by atoms with E-state index in [1.54, 1.807) is 36.3 Å². The van der Waals surface area contributed by atoms with Crippen LogP contribution in [0.1, 0.15) is 19.3 Å². The van der Waals surface area contributed by atoms with Crippen molar-refractivity contribution in [1.82, 2.24) is 10.2 Å². The van der Waals surface area contributed by atoms with Crippen LogP contribution in [0, 0.1) is 0 Å². The molecule has 8 nitrogen and oxygen atoms in total. The van der Waals surface area contributed by atoms with Gasteiger partial charge in [-0.05, 0) is 43.7 Å². The highest BCUT2D eigenvalue weighted by atomic mass is 35.5. The van der Waals surface area contributed by atoms with Gasteiger partial charge in [-0.25, -0.2) is 4.79 Å². The number of urea groups is 1. The second kappa shape index (κ2) is 9.85. The highest BCUT2D eigenvalue weighted by molar-refractivity contribution is 6.01. The van der Waals surface area contributed by atoms with Gasteiger partial charge >= 0.3 is 12.0 Å². The van der Waals surface area contributed by atoms with Gasteiger partial charge in [0, 0.05) is 5.69 Å². The van der Waals surface area contributed by atoms with Crippen LogP contribution >= 0.6 is 12.4 Å². The summed E-state index contributed by atoms with van der Waals surface area (Å²) in [4.78, 5) is 36.6. The number of carboxylic acid groups (broad SMARTS) is 1. The average molecular weight is 372 g/mol. The second-order valence-electron chi connectivity index (χ2n) is 5.55. The van der Waals surface area contributed by atoms with Crippen LogP contribution in [-0.4, -0.2) is 54.2 Å². The maximum Gasteiger partial charge on any atom is 0.325 e. The fraction of sp³-hybridized carbons (Fsp3) is 0.438. The third-order valence-corrected chi connectivity index (χ3v) is 3.85. The zero-order valence-corrected chi connectivity index (χ0v) is 14.7. The SMILES string of the molecule is COc1ccc(NC(=O)NC(=O)CN2CCCCC2C(=O)O)cc1.Cl. The number of nitrogens with zero attached hydrogens (tertiary/aromatic N) is 1. The topological polar surface area (TPSA) is 108 Å². The maximum absolute atomic E-state index is 12.0. The molecule has 0 radical (unpaired) electrons. The van der Waals surface area contributed by atoms with E-state index in [0.717, 1.165) is 12.8 Å². The van der Waals surface area contributed by atoms with E-state index in [-0.39, 0.29) is 19.0 Å². The van der Waals surface area contributed by atoms with Gasteiger partial charge < -0.3 is 15.2 Å². The average Bonchev–Trinajstić information content (AvgIpc) is 2.55. The standard InChI is InChI=1S/C16H21N3O5.ClH/c1-24-12-7-5-11(6-8-12)17-16(23)18-14(20)10-19-9-3-2-4-13(19)15(21)22;/h5-8,13H,2-4,9-10H2,1H3,(H,21,22)(H2,17,18,20,23);1H. The molecule has 1 aromatic carbocycles. The minimum Gasteiger partial charge on any atom is -0.497 e. The van der Waals surface area contributed by atoms with E-state index in [0.29, 0.717) is 24.4 Å². The summed E-state index contributed by atoms with van der Waals surface area (Å²) in [5.41, 5.74) is 0.516. The molecule has 138 valence electrons. The van der Waals surface area contributed by atoms with Crippen LogP contribution in [0.2, 0.25) is 0 Å². The predicted molar refractivity (Wildman–Crippen MR) is 94.3 cm³/mol. The zero-order valence-electron chi connectivity index (χ0n) is 13.9. The van der Waals surface area contributed by atoms with Crippen LogP contribution < -0.4 is 15.4 Å². The summed E-state index contributed by atoms with van der Waals surface area (Å²) in [6.07, 6.45) is 2.18. The van der Waals surface area contributed by atoms with E-state index in [9.17, 15) is 19.5 Å². The second-order valence-corrected chi connectivity index (χ2v) is 5.55. The van der Waals surface area contributed by atoms with Gasteiger partial charge in [-0.1, -0.05) is 6.42 Å². The number of nitrogens with one attached hydrogen (secondary N) is 2. The van der Waals surface area contributed by atoms with Crippen molar-refractivity contribution >= 4 is 36.0 Å². The van der Waals surface area contributed by atoms with Crippen LogP contribution in [0.5, 0.6) is 5.75 Å². The van der Waals surface area contributed by atoms with Gasteiger partial charge in [0.25, 0.3) is 0 Å². The highest BCUT2D eigenvalue weighted by Crippen LogP contribution is 2.17. The molecule has 0 spiro atoms. The van der Waals surface area contributed by atoms with Crippen molar-refractivity contribution in [1.29, 1.82) is 0 Å². The summed E-state index contributed by atoms with van der Waals surface area (Å²) in [5, 5.41) is 13.9. The molecule has 9 heteroatoms. The Hall–Kier alpha value is -2.32. The maximum atomic E-state index is 12.0. The number of piperidine rings is 1. The smallest absolute Gasteiger partial charge is 0.325 e. The van der Waals surface area contributed by atoms with Gasteiger partial charge in [-0.2, -0.15) is 0 Å². The number of imide groups is 1. The largest absolute Gasteiger partial charge is 0.497 e. The number of hydrogen-bond acceptors (Lipinski definition) is 5. The fourth-order valence-electron chi connectivity index (χ4n) is 2.65. The van der Waals surface area contributed by atoms with E-state index in [1.807, 2.05) is 0 Å². The number of likely N-dealkylation sites (tertiary alicyclic amines) is 1. The number of aliphatic carboxylic acids is 1. The lowest BCUT2D eigenvalue weighted by atomic mass is 10.0. The first-order valence-electron chi connectivity index (χ1n) is 7.71. The van der Waals surface area contributed by atoms with Crippen molar-refractivity contribution in [3.05, 3.63) is 24.3 Å². The van der Waals surface area contributed by atoms with Gasteiger partial charge in [0.15, 0.2) is 0 Å². The summed E-state index contributed by atoms with van der Waals surface area (Å²) in [5.74, 6) is -0.818. The van der Waals surface area contributed by atoms with Crippen molar-refractivity contribution in [3.8, 4) is 5.75 Å². The molecule has 0 bridgehead atoms. The van der Waals surface area contributed by atoms with Crippen molar-refractivity contribution in [3.63, 3.8) is 0 Å². The first-order chi connectivity index (χ1) is 11.5. The summed E-state index contributed by atoms with van der Waals surface area (Å²) in [7, 11) is 1.54. The summed E-state index contributed by atoms with van der Waals surface area (Å²) >= 11 is 0. The lowest BCUT2D eigenvalue weighted by Gasteiger charge is -2.31. The quantitative estimate of drug-likeness (QED) is 0.727. The Balaban J connectivity index is 0.00000312. The molecule has 1 unspecified atom stereocenters. The number of amides is 3. The molecule has 3 amide bonds. The van der Waals surface area contributed by atoms with Crippen LogP contribution in [-0.2, 0) is 9.59 Å². The molecule has 1 atom stereocenters. The number of hydrogen-bond donors (Lipinski definition) is 3. The molecule has 25 heavy (non-hydrogen) atoms. The third-order valence-electron chi connectivity index (χ3n) is 3.85. The minimum atomic E-state index is -0.940. The molecule has 1 aliphatic heterocycles. The van der Waals surface area contributed by atoms with Crippen LogP contribution in [0.4, 0.5) is 10.5 Å². The summed E-state index contributed by atoms with van der Waals surface area (Å²) < 4.78 is 5.02. The van der Waals surface area contributed by atoms with E-state index in [2.05, 4.69) is 10.6 Å². The Labute approximate surface area is 151 Å². The van der Waals surface area contributed by atoms with Crippen molar-refractivity contribution < 1.29 is 24.2 Å². The monoisotopic (exact) mass is 371 g/mol. The lowest BCUT2D eigenvalue weighted by Crippen LogP contribution is -2.50. The molecule has 3 N–H and O–H groups in total. The molecule has 1 heterocycles. The summed E-state index contributed by atoms with van der Waals surface area (Å²) in [6.45, 7) is 0.414. The molecular formula is C16H22ClN3O5. The first-order valence-corrected chi connectivity index (χ1v) is 7.71. The van der Waals surface area contributed by atoms with Crippen molar-refractivity contribution in [2.45, 2.75) is 25.3 Å². The van der Waals surface area contributed by atoms with Gasteiger partial charge in [0.05, 0.1) is 13.7 Å². The Bertz CT molecular complexity index is 608. The van der Waals surface area contributed by atoms with Gasteiger partial charge in [-0.3, -0.25) is 19.8 Å². The molecule has 1 saturated heterocycles. The van der Waals surface area contributed by atoms with Gasteiger partial charge in [0.2, 0.25) is 5.91 Å². The van der Waals surface area contributed by atoms with E-state index >= 15 is 0 Å². The number of carboxylic acids is 1. The fourth-order valence-corrected chi connectivity index (χ4v) is 2.65. The molecule has 1 fully saturated rings. The number of anilines is 1. The summed E-state index contributed by atoms with van der Waals surface area (Å²) in [6, 6.07) is 5.33. The Kier molecular flexibility index (Phi) is 8.17. The Morgan fingerprint density at radius 3 is 2.52 bits per heavy atom. The number of ether oxygens (including phenoxy) is 1.